The number of rotatable bonds is 5. The van der Waals surface area contributed by atoms with Gasteiger partial charge in [0.25, 0.3) is 10.0 Å². The number of pyridine rings is 1. The molecular weight excluding hydrogens is 404 g/mol. The lowest BCUT2D eigenvalue weighted by Crippen LogP contribution is -2.16. The Morgan fingerprint density at radius 3 is 2.43 bits per heavy atom. The normalized spacial score (nSPS) is 11.5. The molecule has 2 heterocycles. The summed E-state index contributed by atoms with van der Waals surface area (Å²) in [5.41, 5.74) is 2.38. The number of hydrogen-bond donors (Lipinski definition) is 2. The lowest BCUT2D eigenvalue weighted by molar-refractivity contribution is 0.0696. The third kappa shape index (κ3) is 3.62. The third-order valence-electron chi connectivity index (χ3n) is 4.61. The molecule has 0 aliphatic heterocycles. The second-order valence-corrected chi connectivity index (χ2v) is 8.51. The average molecular weight is 422 g/mol. The van der Waals surface area contributed by atoms with Gasteiger partial charge in [0.05, 0.1) is 21.7 Å². The molecule has 2 aromatic heterocycles. The van der Waals surface area contributed by atoms with Crippen LogP contribution in [0, 0.1) is 13.8 Å². The summed E-state index contributed by atoms with van der Waals surface area (Å²) in [5, 5.41) is 14.4. The lowest BCUT2D eigenvalue weighted by Gasteiger charge is -2.12. The van der Waals surface area contributed by atoms with Crippen LogP contribution in [-0.4, -0.2) is 34.3 Å². The molecule has 0 aliphatic carbocycles. The van der Waals surface area contributed by atoms with Gasteiger partial charge in [0.2, 0.25) is 0 Å². The van der Waals surface area contributed by atoms with Crippen LogP contribution in [0.3, 0.4) is 0 Å². The molecule has 2 N–H and O–H groups in total. The zero-order valence-corrected chi connectivity index (χ0v) is 17.0. The summed E-state index contributed by atoms with van der Waals surface area (Å²) in [6.45, 7) is 3.71. The van der Waals surface area contributed by atoms with E-state index in [2.05, 4.69) is 14.8 Å². The average Bonchev–Trinajstić information content (AvgIpc) is 3.07. The minimum Gasteiger partial charge on any atom is -0.478 e. The van der Waals surface area contributed by atoms with E-state index in [1.807, 2.05) is 37.3 Å². The number of fused-ring (bicyclic) bond motifs is 1. The van der Waals surface area contributed by atoms with Crippen LogP contribution in [0.25, 0.3) is 16.7 Å². The quantitative estimate of drug-likeness (QED) is 0.508. The Balaban J connectivity index is 1.74. The number of aromatic nitrogens is 3. The summed E-state index contributed by atoms with van der Waals surface area (Å²) >= 11 is 0. The molecule has 0 spiro atoms. The van der Waals surface area contributed by atoms with E-state index in [1.165, 1.54) is 28.9 Å². The van der Waals surface area contributed by atoms with Gasteiger partial charge in [-0.3, -0.25) is 4.72 Å². The van der Waals surface area contributed by atoms with E-state index >= 15 is 0 Å². The maximum absolute atomic E-state index is 12.8. The molecule has 0 amide bonds. The fourth-order valence-electron chi connectivity index (χ4n) is 3.16. The van der Waals surface area contributed by atoms with Crippen molar-refractivity contribution in [1.29, 1.82) is 0 Å². The van der Waals surface area contributed by atoms with Crippen LogP contribution < -0.4 is 4.72 Å². The number of aryl methyl sites for hydroxylation is 2. The Hall–Kier alpha value is -3.72. The highest BCUT2D eigenvalue weighted by atomic mass is 32.2. The van der Waals surface area contributed by atoms with E-state index < -0.39 is 16.0 Å². The summed E-state index contributed by atoms with van der Waals surface area (Å²) < 4.78 is 29.6. The second-order valence-electron chi connectivity index (χ2n) is 6.83. The molecule has 0 saturated heterocycles. The zero-order chi connectivity index (χ0) is 21.5. The fourth-order valence-corrected chi connectivity index (χ4v) is 4.19. The maximum atomic E-state index is 12.8. The highest BCUT2D eigenvalue weighted by Crippen LogP contribution is 2.24. The van der Waals surface area contributed by atoms with Crippen LogP contribution in [0.5, 0.6) is 0 Å². The summed E-state index contributed by atoms with van der Waals surface area (Å²) in [6, 6.07) is 16.1. The zero-order valence-electron chi connectivity index (χ0n) is 16.2. The largest absolute Gasteiger partial charge is 0.478 e. The number of nitrogens with zero attached hydrogens (tertiary/aromatic N) is 3. The lowest BCUT2D eigenvalue weighted by atomic mass is 10.1. The monoisotopic (exact) mass is 422 g/mol. The van der Waals surface area contributed by atoms with Crippen molar-refractivity contribution in [3.8, 4) is 5.82 Å². The molecule has 30 heavy (non-hydrogen) atoms. The third-order valence-corrected chi connectivity index (χ3v) is 5.98. The molecule has 0 radical (unpaired) electrons. The van der Waals surface area contributed by atoms with Gasteiger partial charge in [-0.2, -0.15) is 9.78 Å². The molecule has 4 rings (SSSR count). The second kappa shape index (κ2) is 7.27. The van der Waals surface area contributed by atoms with Crippen molar-refractivity contribution in [2.75, 3.05) is 4.72 Å². The number of aromatic carboxylic acids is 1. The van der Waals surface area contributed by atoms with Gasteiger partial charge in [-0.25, -0.2) is 18.2 Å². The number of carbonyl (C=O) groups is 1. The topological polar surface area (TPSA) is 114 Å². The minimum atomic E-state index is -3.96. The highest BCUT2D eigenvalue weighted by molar-refractivity contribution is 7.92. The number of para-hydroxylation sites is 1. The Morgan fingerprint density at radius 1 is 1.03 bits per heavy atom. The number of carboxylic acids is 1. The molecular formula is C21H18N4O4S. The van der Waals surface area contributed by atoms with Gasteiger partial charge >= 0.3 is 5.97 Å². The highest BCUT2D eigenvalue weighted by Gasteiger charge is 2.19. The van der Waals surface area contributed by atoms with Crippen LogP contribution in [0.2, 0.25) is 0 Å². The summed E-state index contributed by atoms with van der Waals surface area (Å²) in [6.07, 6.45) is 0. The van der Waals surface area contributed by atoms with Crippen molar-refractivity contribution in [2.45, 2.75) is 18.7 Å². The fraction of sp³-hybridized carbons (Fsp3) is 0.0952. The van der Waals surface area contributed by atoms with E-state index in [1.54, 1.807) is 13.0 Å². The van der Waals surface area contributed by atoms with E-state index in [9.17, 15) is 13.2 Å². The van der Waals surface area contributed by atoms with Crippen molar-refractivity contribution in [3.05, 3.63) is 77.5 Å². The smallest absolute Gasteiger partial charge is 0.335 e. The van der Waals surface area contributed by atoms with E-state index in [0.29, 0.717) is 11.5 Å². The van der Waals surface area contributed by atoms with E-state index in [-0.39, 0.29) is 16.3 Å². The van der Waals surface area contributed by atoms with Gasteiger partial charge in [-0.05, 0) is 55.8 Å². The summed E-state index contributed by atoms with van der Waals surface area (Å²) in [4.78, 5) is 15.6. The molecule has 2 aromatic carbocycles. The first-order valence-electron chi connectivity index (χ1n) is 9.04. The molecule has 4 aromatic rings. The standard InChI is InChI=1S/C21H18N4O4S/c1-13-11-19(22-18-6-4-3-5-17(13)18)25-20(12-14(2)23-25)24-30(28,29)16-9-7-15(8-10-16)21(26)27/h3-12,24H,1-2H3,(H,26,27). The van der Waals surface area contributed by atoms with Crippen LogP contribution >= 0.6 is 0 Å². The molecule has 0 bridgehead atoms. The molecule has 0 atom stereocenters. The summed E-state index contributed by atoms with van der Waals surface area (Å²) in [5.74, 6) is -0.409. The maximum Gasteiger partial charge on any atom is 0.335 e. The number of sulfonamides is 1. The number of anilines is 1. The SMILES string of the molecule is Cc1cc(NS(=O)(=O)c2ccc(C(=O)O)cc2)n(-c2cc(C)c3ccccc3n2)n1. The first-order valence-corrected chi connectivity index (χ1v) is 10.5. The van der Waals surface area contributed by atoms with Crippen LogP contribution in [0.15, 0.2) is 65.6 Å². The van der Waals surface area contributed by atoms with Crippen LogP contribution in [-0.2, 0) is 10.0 Å². The van der Waals surface area contributed by atoms with Gasteiger partial charge < -0.3 is 5.11 Å². The molecule has 0 aliphatic rings. The van der Waals surface area contributed by atoms with Gasteiger partial charge in [0.15, 0.2) is 5.82 Å². The van der Waals surface area contributed by atoms with E-state index in [4.69, 9.17) is 5.11 Å². The van der Waals surface area contributed by atoms with Crippen molar-refractivity contribution in [2.24, 2.45) is 0 Å². The first-order chi connectivity index (χ1) is 14.2. The number of hydrogen-bond acceptors (Lipinski definition) is 5. The minimum absolute atomic E-state index is 0.00525. The van der Waals surface area contributed by atoms with E-state index in [0.717, 1.165) is 16.5 Å². The predicted molar refractivity (Wildman–Crippen MR) is 113 cm³/mol. The molecule has 152 valence electrons. The number of benzene rings is 2. The van der Waals surface area contributed by atoms with Crippen molar-refractivity contribution in [1.82, 2.24) is 14.8 Å². The van der Waals surface area contributed by atoms with Gasteiger partial charge in [-0.15, -0.1) is 0 Å². The van der Waals surface area contributed by atoms with Crippen LogP contribution in [0.4, 0.5) is 5.82 Å². The molecule has 0 fully saturated rings. The van der Waals surface area contributed by atoms with Crippen LogP contribution in [0.1, 0.15) is 21.6 Å². The van der Waals surface area contributed by atoms with Crippen molar-refractivity contribution >= 4 is 32.7 Å². The number of carboxylic acid groups (broad SMARTS) is 1. The van der Waals surface area contributed by atoms with Gasteiger partial charge in [-0.1, -0.05) is 18.2 Å². The number of nitrogens with one attached hydrogen (secondary N) is 1. The van der Waals surface area contributed by atoms with Crippen molar-refractivity contribution < 1.29 is 18.3 Å². The molecule has 9 heteroatoms. The van der Waals surface area contributed by atoms with Gasteiger partial charge in [0, 0.05) is 11.5 Å². The Labute approximate surface area is 172 Å². The Bertz CT molecular complexity index is 1380. The Morgan fingerprint density at radius 2 is 1.73 bits per heavy atom. The molecule has 0 saturated carbocycles. The first kappa shape index (κ1) is 19.6. The molecule has 8 nitrogen and oxygen atoms in total. The summed E-state index contributed by atoms with van der Waals surface area (Å²) in [7, 11) is -3.96. The van der Waals surface area contributed by atoms with Crippen molar-refractivity contribution in [3.63, 3.8) is 0 Å². The van der Waals surface area contributed by atoms with Gasteiger partial charge in [0.1, 0.15) is 5.82 Å². The predicted octanol–water partition coefficient (Wildman–Crippen LogP) is 3.54. The Kier molecular flexibility index (Phi) is 4.75. The molecule has 0 unspecified atom stereocenters.